The van der Waals surface area contributed by atoms with Crippen molar-refractivity contribution in [1.82, 2.24) is 0 Å². The Morgan fingerprint density at radius 2 is 0.692 bits per heavy atom. The Balaban J connectivity index is 3.99. The van der Waals surface area contributed by atoms with E-state index in [-0.39, 0.29) is 38.6 Å². The fraction of sp³-hybridized carbons (Fsp3) is 0.841. The fourth-order valence-electron chi connectivity index (χ4n) is 9.66. The van der Waals surface area contributed by atoms with Crippen molar-refractivity contribution in [2.45, 2.75) is 328 Å². The lowest BCUT2D eigenvalue weighted by Gasteiger charge is -2.26. The molecule has 0 saturated carbocycles. The van der Waals surface area contributed by atoms with Gasteiger partial charge in [0.25, 0.3) is 0 Å². The van der Waals surface area contributed by atoms with Gasteiger partial charge in [0, 0.05) is 12.8 Å². The first kappa shape index (κ1) is 75.2. The van der Waals surface area contributed by atoms with E-state index in [9.17, 15) is 19.5 Å². The van der Waals surface area contributed by atoms with Gasteiger partial charge in [-0.15, -0.1) is 0 Å². The zero-order valence-electron chi connectivity index (χ0n) is 52.0. The van der Waals surface area contributed by atoms with E-state index < -0.39 is 24.3 Å². The van der Waals surface area contributed by atoms with E-state index in [4.69, 9.17) is 18.9 Å². The summed E-state index contributed by atoms with van der Waals surface area (Å²) >= 11 is 0. The Bertz CT molecular complexity index is 1420. The summed E-state index contributed by atoms with van der Waals surface area (Å²) in [6.45, 7) is 4.74. The Hall–Kier alpha value is -2.75. The molecule has 0 heterocycles. The number of quaternary nitrogens is 1. The van der Waals surface area contributed by atoms with Crippen molar-refractivity contribution in [2.24, 2.45) is 0 Å². The number of rotatable bonds is 62. The first-order chi connectivity index (χ1) is 38.1. The van der Waals surface area contributed by atoms with Gasteiger partial charge in [-0.25, -0.2) is 0 Å². The highest BCUT2D eigenvalue weighted by atomic mass is 16.7. The van der Waals surface area contributed by atoms with Crippen molar-refractivity contribution in [2.75, 3.05) is 47.5 Å². The fourth-order valence-corrected chi connectivity index (χ4v) is 9.66. The van der Waals surface area contributed by atoms with Crippen molar-refractivity contribution < 1.29 is 42.9 Å². The second-order valence-corrected chi connectivity index (χ2v) is 23.8. The second-order valence-electron chi connectivity index (χ2n) is 23.8. The summed E-state index contributed by atoms with van der Waals surface area (Å²) < 4.78 is 22.7. The van der Waals surface area contributed by atoms with E-state index in [0.29, 0.717) is 17.4 Å². The summed E-state index contributed by atoms with van der Waals surface area (Å²) in [6, 6.07) is 0. The number of carbonyl (C=O) groups is 3. The number of esters is 2. The molecule has 0 bridgehead atoms. The van der Waals surface area contributed by atoms with Crippen molar-refractivity contribution in [3.8, 4) is 0 Å². The molecule has 2 atom stereocenters. The van der Waals surface area contributed by atoms with Gasteiger partial charge in [0.2, 0.25) is 0 Å². The van der Waals surface area contributed by atoms with Gasteiger partial charge in [0.1, 0.15) is 13.2 Å². The third kappa shape index (κ3) is 60.9. The van der Waals surface area contributed by atoms with E-state index in [1.54, 1.807) is 0 Å². The highest BCUT2D eigenvalue weighted by molar-refractivity contribution is 5.70. The number of ether oxygens (including phenoxy) is 4. The first-order valence-corrected chi connectivity index (χ1v) is 33.3. The van der Waals surface area contributed by atoms with Crippen LogP contribution in [-0.2, 0) is 33.3 Å². The molecular weight excluding hydrogens is 971 g/mol. The van der Waals surface area contributed by atoms with Crippen LogP contribution in [0.4, 0.5) is 0 Å². The highest BCUT2D eigenvalue weighted by Crippen LogP contribution is 2.18. The summed E-state index contributed by atoms with van der Waals surface area (Å²) in [5.74, 6) is -2.28. The van der Waals surface area contributed by atoms with Crippen LogP contribution in [0, 0.1) is 0 Å². The summed E-state index contributed by atoms with van der Waals surface area (Å²) in [5.41, 5.74) is 0. The molecule has 0 saturated heterocycles. The minimum Gasteiger partial charge on any atom is -0.545 e. The third-order valence-electron chi connectivity index (χ3n) is 14.8. The average Bonchev–Trinajstić information content (AvgIpc) is 3.41. The van der Waals surface area contributed by atoms with Crippen molar-refractivity contribution in [3.05, 3.63) is 48.6 Å². The van der Waals surface area contributed by atoms with Gasteiger partial charge >= 0.3 is 11.9 Å². The summed E-state index contributed by atoms with van der Waals surface area (Å²) in [5, 5.41) is 11.8. The van der Waals surface area contributed by atoms with E-state index >= 15 is 0 Å². The summed E-state index contributed by atoms with van der Waals surface area (Å²) in [4.78, 5) is 37.3. The molecule has 0 aliphatic heterocycles. The Morgan fingerprint density at radius 3 is 1.03 bits per heavy atom. The molecule has 78 heavy (non-hydrogen) atoms. The van der Waals surface area contributed by atoms with Crippen LogP contribution < -0.4 is 5.11 Å². The molecule has 0 aromatic carbocycles. The molecule has 0 aromatic rings. The molecule has 0 spiro atoms. The summed E-state index contributed by atoms with van der Waals surface area (Å²) in [7, 11) is 5.93. The van der Waals surface area contributed by atoms with Crippen LogP contribution in [0.3, 0.4) is 0 Å². The van der Waals surface area contributed by atoms with Gasteiger partial charge < -0.3 is 33.3 Å². The lowest BCUT2D eigenvalue weighted by Crippen LogP contribution is -2.44. The third-order valence-corrected chi connectivity index (χ3v) is 14.8. The SMILES string of the molecule is CCCCCC/C=C\C/C=C\CCCCCCCC(=O)OCC(COC(OCC[N+](C)(C)C)C(=O)[O-])OC(=O)CCCCCCCCCCCCCCCCCCCCCCCCCCC/C=C\C/C=C\CCCCCCC. The smallest absolute Gasteiger partial charge is 0.306 e. The van der Waals surface area contributed by atoms with Gasteiger partial charge in [0.15, 0.2) is 12.4 Å². The molecule has 0 radical (unpaired) electrons. The number of carboxylic acid groups (broad SMARTS) is 1. The topological polar surface area (TPSA) is 111 Å². The number of hydrogen-bond donors (Lipinski definition) is 0. The second kappa shape index (κ2) is 60.3. The maximum Gasteiger partial charge on any atom is 0.306 e. The largest absolute Gasteiger partial charge is 0.545 e. The normalized spacial score (nSPS) is 13.0. The van der Waals surface area contributed by atoms with Gasteiger partial charge in [-0.2, -0.15) is 0 Å². The molecule has 9 heteroatoms. The number of hydrogen-bond acceptors (Lipinski definition) is 8. The van der Waals surface area contributed by atoms with E-state index in [2.05, 4.69) is 62.5 Å². The number of aliphatic carboxylic acids is 1. The molecule has 0 aromatic heterocycles. The quantitative estimate of drug-likeness (QED) is 0.0195. The predicted octanol–water partition coefficient (Wildman–Crippen LogP) is 18.9. The minimum atomic E-state index is -1.62. The molecule has 9 nitrogen and oxygen atoms in total. The summed E-state index contributed by atoms with van der Waals surface area (Å²) in [6.07, 6.45) is 73.4. The van der Waals surface area contributed by atoms with Crippen LogP contribution in [0.5, 0.6) is 0 Å². The molecule has 0 fully saturated rings. The van der Waals surface area contributed by atoms with Gasteiger partial charge in [-0.3, -0.25) is 9.59 Å². The van der Waals surface area contributed by atoms with Crippen LogP contribution >= 0.6 is 0 Å². The molecule has 0 aliphatic rings. The number of likely N-dealkylation sites (N-methyl/N-ethyl adjacent to an activating group) is 1. The molecule has 0 aliphatic carbocycles. The maximum atomic E-state index is 12.9. The maximum absolute atomic E-state index is 12.9. The predicted molar refractivity (Wildman–Crippen MR) is 329 cm³/mol. The molecule has 0 rings (SSSR count). The number of carbonyl (C=O) groups excluding carboxylic acids is 3. The number of unbranched alkanes of at least 4 members (excludes halogenated alkanes) is 39. The van der Waals surface area contributed by atoms with Crippen LogP contribution in [0.15, 0.2) is 48.6 Å². The van der Waals surface area contributed by atoms with E-state index in [0.717, 1.165) is 64.2 Å². The van der Waals surface area contributed by atoms with Crippen LogP contribution in [0.25, 0.3) is 0 Å². The van der Waals surface area contributed by atoms with E-state index in [1.165, 1.54) is 218 Å². The number of carboxylic acids is 1. The van der Waals surface area contributed by atoms with Crippen molar-refractivity contribution >= 4 is 17.9 Å². The average molecular weight is 1100 g/mol. The lowest BCUT2D eigenvalue weighted by atomic mass is 10.0. The van der Waals surface area contributed by atoms with Crippen LogP contribution in [-0.4, -0.2) is 82.3 Å². The van der Waals surface area contributed by atoms with Gasteiger partial charge in [-0.05, 0) is 77.0 Å². The zero-order valence-corrected chi connectivity index (χ0v) is 52.0. The van der Waals surface area contributed by atoms with E-state index in [1.807, 2.05) is 21.1 Å². The molecule has 456 valence electrons. The highest BCUT2D eigenvalue weighted by Gasteiger charge is 2.22. The van der Waals surface area contributed by atoms with Crippen molar-refractivity contribution in [3.63, 3.8) is 0 Å². The molecule has 0 amide bonds. The Kier molecular flexibility index (Phi) is 58.2. The van der Waals surface area contributed by atoms with Crippen LogP contribution in [0.1, 0.15) is 316 Å². The molecule has 0 N–H and O–H groups in total. The van der Waals surface area contributed by atoms with Crippen LogP contribution in [0.2, 0.25) is 0 Å². The number of nitrogens with zero attached hydrogens (tertiary/aromatic N) is 1. The molecule has 2 unspecified atom stereocenters. The Morgan fingerprint density at radius 1 is 0.385 bits per heavy atom. The zero-order chi connectivity index (χ0) is 56.9. The standard InChI is InChI=1S/C69H127NO8/c1-6-8-10-12-14-16-18-20-22-24-25-26-27-28-29-30-31-32-33-34-35-36-37-38-39-40-41-42-43-44-46-48-50-52-54-56-58-60-67(72)78-65(64-77-69(68(73)74)75-62-61-70(3,4)5)63-76-66(71)59-57-55-53-51-49-47-45-23-21-19-17-15-13-11-9-7-2/h17-20,23-25,45,65,69H,6-16,21-22,26-44,46-64H2,1-5H3/b19-17-,20-18-,25-24-,45-23-. The monoisotopic (exact) mass is 1100 g/mol. The Labute approximate surface area is 482 Å². The number of allylic oxidation sites excluding steroid dienone is 8. The first-order valence-electron chi connectivity index (χ1n) is 33.3. The van der Waals surface area contributed by atoms with Crippen molar-refractivity contribution in [1.29, 1.82) is 0 Å². The lowest BCUT2D eigenvalue weighted by molar-refractivity contribution is -0.870. The minimum absolute atomic E-state index is 0.146. The van der Waals surface area contributed by atoms with Gasteiger partial charge in [0.05, 0.1) is 40.3 Å². The van der Waals surface area contributed by atoms with Gasteiger partial charge in [-0.1, -0.05) is 274 Å². The molecular formula is C69H127NO8.